The van der Waals surface area contributed by atoms with Crippen molar-refractivity contribution >= 4 is 33.2 Å². The van der Waals surface area contributed by atoms with Gasteiger partial charge in [0.2, 0.25) is 5.95 Å². The molecule has 0 spiro atoms. The second-order valence-corrected chi connectivity index (χ2v) is 4.50. The summed E-state index contributed by atoms with van der Waals surface area (Å²) in [6, 6.07) is 13.7. The summed E-state index contributed by atoms with van der Waals surface area (Å²) in [5.74, 6) is 0.711. The van der Waals surface area contributed by atoms with Gasteiger partial charge in [-0.15, -0.1) is 10.2 Å². The monoisotopic (exact) mass is 288 g/mol. The van der Waals surface area contributed by atoms with E-state index in [2.05, 4.69) is 31.4 Å². The number of hydrogen-bond acceptors (Lipinski definition) is 3. The van der Waals surface area contributed by atoms with E-state index in [1.165, 1.54) is 0 Å². The van der Waals surface area contributed by atoms with Gasteiger partial charge in [-0.1, -0.05) is 22.0 Å². The van der Waals surface area contributed by atoms with Crippen molar-refractivity contribution in [1.82, 2.24) is 14.6 Å². The highest BCUT2D eigenvalue weighted by atomic mass is 79.9. The lowest BCUT2D eigenvalue weighted by Gasteiger charge is -2.03. The summed E-state index contributed by atoms with van der Waals surface area (Å²) in [4.78, 5) is 0. The average molecular weight is 289 g/mol. The van der Waals surface area contributed by atoms with Crippen molar-refractivity contribution in [2.45, 2.75) is 0 Å². The van der Waals surface area contributed by atoms with Gasteiger partial charge in [0.15, 0.2) is 5.65 Å². The maximum atomic E-state index is 4.10. The number of rotatable bonds is 2. The lowest BCUT2D eigenvalue weighted by molar-refractivity contribution is 1.11. The van der Waals surface area contributed by atoms with E-state index in [1.807, 2.05) is 53.1 Å². The molecule has 0 amide bonds. The molecular formula is C12H9BrN4. The molecule has 4 nitrogen and oxygen atoms in total. The van der Waals surface area contributed by atoms with E-state index in [-0.39, 0.29) is 0 Å². The van der Waals surface area contributed by atoms with Gasteiger partial charge in [-0.2, -0.15) is 0 Å². The predicted octanol–water partition coefficient (Wildman–Crippen LogP) is 3.24. The van der Waals surface area contributed by atoms with Crippen LogP contribution in [-0.2, 0) is 0 Å². The third kappa shape index (κ3) is 2.01. The van der Waals surface area contributed by atoms with Gasteiger partial charge in [0.1, 0.15) is 0 Å². The number of anilines is 2. The average Bonchev–Trinajstić information content (AvgIpc) is 2.76. The zero-order chi connectivity index (χ0) is 11.7. The zero-order valence-electron chi connectivity index (χ0n) is 8.84. The third-order valence-electron chi connectivity index (χ3n) is 2.41. The minimum absolute atomic E-state index is 0.711. The largest absolute Gasteiger partial charge is 0.324 e. The van der Waals surface area contributed by atoms with Gasteiger partial charge in [-0.25, -0.2) is 0 Å². The number of halogens is 1. The second kappa shape index (κ2) is 4.18. The van der Waals surface area contributed by atoms with E-state index in [1.54, 1.807) is 0 Å². The molecule has 17 heavy (non-hydrogen) atoms. The number of aromatic nitrogens is 3. The number of nitrogens with one attached hydrogen (secondary N) is 1. The van der Waals surface area contributed by atoms with Gasteiger partial charge in [-0.3, -0.25) is 4.40 Å². The van der Waals surface area contributed by atoms with E-state index in [0.29, 0.717) is 5.95 Å². The summed E-state index contributed by atoms with van der Waals surface area (Å²) >= 11 is 3.40. The summed E-state index contributed by atoms with van der Waals surface area (Å²) in [6.07, 6.45) is 1.93. The van der Waals surface area contributed by atoms with Crippen molar-refractivity contribution in [3.05, 3.63) is 53.1 Å². The van der Waals surface area contributed by atoms with Crippen LogP contribution in [0.5, 0.6) is 0 Å². The molecule has 0 radical (unpaired) electrons. The van der Waals surface area contributed by atoms with Crippen LogP contribution in [-0.4, -0.2) is 14.6 Å². The molecular weight excluding hydrogens is 280 g/mol. The topological polar surface area (TPSA) is 42.2 Å². The summed E-state index contributed by atoms with van der Waals surface area (Å²) in [6.45, 7) is 0. The maximum Gasteiger partial charge on any atom is 0.233 e. The quantitative estimate of drug-likeness (QED) is 0.787. The van der Waals surface area contributed by atoms with Crippen molar-refractivity contribution in [3.8, 4) is 0 Å². The fraction of sp³-hybridized carbons (Fsp3) is 0. The Hall–Kier alpha value is -1.88. The van der Waals surface area contributed by atoms with Crippen LogP contribution >= 0.6 is 15.9 Å². The van der Waals surface area contributed by atoms with Crippen molar-refractivity contribution < 1.29 is 0 Å². The molecule has 1 N–H and O–H groups in total. The van der Waals surface area contributed by atoms with Gasteiger partial charge in [0.25, 0.3) is 0 Å². The number of benzene rings is 1. The minimum atomic E-state index is 0.711. The zero-order valence-corrected chi connectivity index (χ0v) is 10.4. The van der Waals surface area contributed by atoms with Crippen molar-refractivity contribution in [3.63, 3.8) is 0 Å². The molecule has 0 aliphatic heterocycles. The lowest BCUT2D eigenvalue weighted by atomic mass is 10.3. The lowest BCUT2D eigenvalue weighted by Crippen LogP contribution is -1.95. The highest BCUT2D eigenvalue weighted by molar-refractivity contribution is 9.10. The highest BCUT2D eigenvalue weighted by Gasteiger charge is 2.03. The number of nitrogens with zero attached hydrogens (tertiary/aromatic N) is 3. The third-order valence-corrected chi connectivity index (χ3v) is 2.94. The SMILES string of the molecule is Brc1ccc(Nc2nnc3ccccn23)cc1. The van der Waals surface area contributed by atoms with Crippen molar-refractivity contribution in [1.29, 1.82) is 0 Å². The van der Waals surface area contributed by atoms with Crippen LogP contribution in [0.2, 0.25) is 0 Å². The molecule has 0 aliphatic rings. The van der Waals surface area contributed by atoms with Crippen molar-refractivity contribution in [2.75, 3.05) is 5.32 Å². The molecule has 84 valence electrons. The molecule has 0 aliphatic carbocycles. The van der Waals surface area contributed by atoms with Gasteiger partial charge in [0.05, 0.1) is 0 Å². The Morgan fingerprint density at radius 3 is 2.65 bits per heavy atom. The maximum absolute atomic E-state index is 4.10. The Morgan fingerprint density at radius 1 is 1.00 bits per heavy atom. The first kappa shape index (κ1) is 10.3. The van der Waals surface area contributed by atoms with Crippen LogP contribution in [0.3, 0.4) is 0 Å². The van der Waals surface area contributed by atoms with Crippen LogP contribution in [0.1, 0.15) is 0 Å². The van der Waals surface area contributed by atoms with Crippen LogP contribution < -0.4 is 5.32 Å². The van der Waals surface area contributed by atoms with Gasteiger partial charge < -0.3 is 5.32 Å². The molecule has 0 unspecified atom stereocenters. The predicted molar refractivity (Wildman–Crippen MR) is 70.4 cm³/mol. The van der Waals surface area contributed by atoms with E-state index < -0.39 is 0 Å². The summed E-state index contributed by atoms with van der Waals surface area (Å²) in [5, 5.41) is 11.4. The van der Waals surface area contributed by atoms with Gasteiger partial charge >= 0.3 is 0 Å². The summed E-state index contributed by atoms with van der Waals surface area (Å²) < 4.78 is 2.95. The van der Waals surface area contributed by atoms with Crippen LogP contribution in [0.25, 0.3) is 5.65 Å². The first-order valence-electron chi connectivity index (χ1n) is 5.15. The highest BCUT2D eigenvalue weighted by Crippen LogP contribution is 2.18. The molecule has 0 bridgehead atoms. The van der Waals surface area contributed by atoms with E-state index in [4.69, 9.17) is 0 Å². The number of fused-ring (bicyclic) bond motifs is 1. The Kier molecular flexibility index (Phi) is 2.53. The molecule has 0 saturated carbocycles. The Labute approximate surface area is 106 Å². The van der Waals surface area contributed by atoms with E-state index >= 15 is 0 Å². The molecule has 2 heterocycles. The minimum Gasteiger partial charge on any atom is -0.324 e. The van der Waals surface area contributed by atoms with Crippen molar-refractivity contribution in [2.24, 2.45) is 0 Å². The standard InChI is InChI=1S/C12H9BrN4/c13-9-4-6-10(7-5-9)14-12-16-15-11-3-1-2-8-17(11)12/h1-8H,(H,14,16). The molecule has 3 rings (SSSR count). The Morgan fingerprint density at radius 2 is 1.82 bits per heavy atom. The van der Waals surface area contributed by atoms with Gasteiger partial charge in [-0.05, 0) is 36.4 Å². The smallest absolute Gasteiger partial charge is 0.233 e. The summed E-state index contributed by atoms with van der Waals surface area (Å²) in [7, 11) is 0. The Balaban J connectivity index is 1.97. The Bertz CT molecular complexity index is 645. The molecule has 5 heteroatoms. The van der Waals surface area contributed by atoms with Crippen LogP contribution in [0.15, 0.2) is 53.1 Å². The first-order chi connectivity index (χ1) is 8.33. The van der Waals surface area contributed by atoms with Crippen LogP contribution in [0, 0.1) is 0 Å². The molecule has 1 aromatic carbocycles. The molecule has 0 fully saturated rings. The fourth-order valence-corrected chi connectivity index (χ4v) is 1.85. The number of pyridine rings is 1. The summed E-state index contributed by atoms with van der Waals surface area (Å²) in [5.41, 5.74) is 1.80. The van der Waals surface area contributed by atoms with Crippen LogP contribution in [0.4, 0.5) is 11.6 Å². The fourth-order valence-electron chi connectivity index (χ4n) is 1.59. The second-order valence-electron chi connectivity index (χ2n) is 3.58. The van der Waals surface area contributed by atoms with Gasteiger partial charge in [0, 0.05) is 16.4 Å². The molecule has 3 aromatic rings. The van der Waals surface area contributed by atoms with E-state index in [9.17, 15) is 0 Å². The number of hydrogen-bond donors (Lipinski definition) is 1. The molecule has 2 aromatic heterocycles. The first-order valence-corrected chi connectivity index (χ1v) is 5.94. The normalized spacial score (nSPS) is 10.6. The molecule has 0 atom stereocenters. The van der Waals surface area contributed by atoms with E-state index in [0.717, 1.165) is 15.8 Å². The molecule has 0 saturated heterocycles.